The minimum Gasteiger partial charge on any atom is -0.487 e. The molecule has 0 saturated carbocycles. The van der Waals surface area contributed by atoms with Gasteiger partial charge in [-0.25, -0.2) is 9.97 Å². The van der Waals surface area contributed by atoms with Gasteiger partial charge in [0.05, 0.1) is 18.0 Å². The summed E-state index contributed by atoms with van der Waals surface area (Å²) < 4.78 is 11.7. The fourth-order valence-corrected chi connectivity index (χ4v) is 4.63. The van der Waals surface area contributed by atoms with Crippen LogP contribution in [0.2, 0.25) is 0 Å². The molecule has 1 saturated heterocycles. The lowest BCUT2D eigenvalue weighted by Gasteiger charge is -2.36. The zero-order chi connectivity index (χ0) is 24.6. The largest absolute Gasteiger partial charge is 0.487 e. The molecular weight excluding hydrogens is 448 g/mol. The number of benzene rings is 1. The van der Waals surface area contributed by atoms with Gasteiger partial charge in [0.15, 0.2) is 5.69 Å². The first-order chi connectivity index (χ1) is 16.8. The van der Waals surface area contributed by atoms with E-state index in [4.69, 9.17) is 14.9 Å². The van der Waals surface area contributed by atoms with Crippen molar-refractivity contribution in [1.82, 2.24) is 14.9 Å². The number of nitrogens with zero attached hydrogens (tertiary/aromatic N) is 4. The van der Waals surface area contributed by atoms with Crippen LogP contribution in [-0.4, -0.2) is 70.8 Å². The van der Waals surface area contributed by atoms with Crippen LogP contribution in [0.1, 0.15) is 29.9 Å². The number of nitrogens with one attached hydrogen (secondary N) is 1. The first kappa shape index (κ1) is 23.1. The predicted molar refractivity (Wildman–Crippen MR) is 133 cm³/mol. The Kier molecular flexibility index (Phi) is 6.08. The van der Waals surface area contributed by atoms with Gasteiger partial charge in [0, 0.05) is 62.5 Å². The van der Waals surface area contributed by atoms with Crippen LogP contribution in [0.25, 0.3) is 11.5 Å². The molecule has 184 valence electrons. The van der Waals surface area contributed by atoms with Crippen molar-refractivity contribution in [3.05, 3.63) is 48.0 Å². The predicted octanol–water partition coefficient (Wildman–Crippen LogP) is 2.40. The number of fused-ring (bicyclic) bond motifs is 1. The number of amides is 1. The minimum absolute atomic E-state index is 0.148. The van der Waals surface area contributed by atoms with Crippen LogP contribution in [0.4, 0.5) is 17.2 Å². The van der Waals surface area contributed by atoms with Crippen molar-refractivity contribution in [2.75, 3.05) is 55.3 Å². The van der Waals surface area contributed by atoms with E-state index in [1.54, 1.807) is 18.3 Å². The van der Waals surface area contributed by atoms with E-state index in [0.717, 1.165) is 49.6 Å². The number of β-amino-alcohol motifs (C(OH)–C–C–N with tert-alkyl or cyclic N) is 1. The first-order valence-electron chi connectivity index (χ1n) is 11.7. The summed E-state index contributed by atoms with van der Waals surface area (Å²) in [5.74, 6) is 1.13. The second-order valence-electron chi connectivity index (χ2n) is 9.53. The SMILES string of the molecule is CC1(C)Cc2cc(NC(=O)c3coc(-c4ccnc(N)c4)n3)c(N3CCN(CCO)CC3)cc2O1. The monoisotopic (exact) mass is 478 g/mol. The molecule has 4 heterocycles. The van der Waals surface area contributed by atoms with Crippen LogP contribution in [-0.2, 0) is 6.42 Å². The number of nitrogens with two attached hydrogens (primary N) is 1. The highest BCUT2D eigenvalue weighted by atomic mass is 16.5. The zero-order valence-corrected chi connectivity index (χ0v) is 20.0. The molecule has 1 fully saturated rings. The maximum absolute atomic E-state index is 13.2. The Hall–Kier alpha value is -3.63. The fraction of sp³-hybridized carbons (Fsp3) is 0.400. The summed E-state index contributed by atoms with van der Waals surface area (Å²) in [6, 6.07) is 7.39. The van der Waals surface area contributed by atoms with Gasteiger partial charge in [0.1, 0.15) is 23.4 Å². The number of nitrogen functional groups attached to an aromatic ring is 1. The number of hydrogen-bond acceptors (Lipinski definition) is 9. The third-order valence-corrected chi connectivity index (χ3v) is 6.32. The average Bonchev–Trinajstić information content (AvgIpc) is 3.43. The number of rotatable bonds is 6. The summed E-state index contributed by atoms with van der Waals surface area (Å²) in [6.45, 7) is 8.15. The van der Waals surface area contributed by atoms with E-state index in [-0.39, 0.29) is 23.8 Å². The number of aromatic nitrogens is 2. The smallest absolute Gasteiger partial charge is 0.277 e. The van der Waals surface area contributed by atoms with E-state index in [9.17, 15) is 9.90 Å². The van der Waals surface area contributed by atoms with Gasteiger partial charge in [-0.15, -0.1) is 0 Å². The van der Waals surface area contributed by atoms with E-state index in [1.165, 1.54) is 6.26 Å². The molecular formula is C25H30N6O4. The number of piperazine rings is 1. The molecule has 10 heteroatoms. The lowest BCUT2D eigenvalue weighted by atomic mass is 10.0. The van der Waals surface area contributed by atoms with Crippen molar-refractivity contribution in [3.63, 3.8) is 0 Å². The Morgan fingerprint density at radius 2 is 2.03 bits per heavy atom. The van der Waals surface area contributed by atoms with Crippen molar-refractivity contribution in [2.45, 2.75) is 25.9 Å². The Labute approximate surface area is 203 Å². The third kappa shape index (κ3) is 4.94. The number of pyridine rings is 1. The number of hydrogen-bond donors (Lipinski definition) is 3. The molecule has 0 aliphatic carbocycles. The highest BCUT2D eigenvalue weighted by Gasteiger charge is 2.32. The van der Waals surface area contributed by atoms with Gasteiger partial charge in [-0.05, 0) is 32.0 Å². The lowest BCUT2D eigenvalue weighted by Crippen LogP contribution is -2.47. The first-order valence-corrected chi connectivity index (χ1v) is 11.7. The molecule has 0 atom stereocenters. The van der Waals surface area contributed by atoms with Gasteiger partial charge in [-0.1, -0.05) is 0 Å². The molecule has 1 amide bonds. The molecule has 4 N–H and O–H groups in total. The second-order valence-corrected chi connectivity index (χ2v) is 9.53. The Morgan fingerprint density at radius 3 is 2.77 bits per heavy atom. The van der Waals surface area contributed by atoms with E-state index < -0.39 is 0 Å². The molecule has 0 radical (unpaired) electrons. The summed E-state index contributed by atoms with van der Waals surface area (Å²) >= 11 is 0. The molecule has 0 spiro atoms. The Balaban J connectivity index is 1.40. The Morgan fingerprint density at radius 1 is 1.23 bits per heavy atom. The van der Waals surface area contributed by atoms with Crippen molar-refractivity contribution in [1.29, 1.82) is 0 Å². The van der Waals surface area contributed by atoms with Crippen LogP contribution in [0.5, 0.6) is 5.75 Å². The number of carbonyl (C=O) groups excluding carboxylic acids is 1. The van der Waals surface area contributed by atoms with Gasteiger partial charge >= 0.3 is 0 Å². The van der Waals surface area contributed by atoms with Crippen molar-refractivity contribution >= 4 is 23.1 Å². The summed E-state index contributed by atoms with van der Waals surface area (Å²) in [5.41, 5.74) is 8.95. The number of aliphatic hydroxyl groups excluding tert-OH is 1. The van der Waals surface area contributed by atoms with Crippen LogP contribution in [0, 0.1) is 0 Å². The van der Waals surface area contributed by atoms with E-state index in [0.29, 0.717) is 29.5 Å². The fourth-order valence-electron chi connectivity index (χ4n) is 4.63. The number of aliphatic hydroxyl groups is 1. The van der Waals surface area contributed by atoms with E-state index >= 15 is 0 Å². The molecule has 2 aliphatic rings. The van der Waals surface area contributed by atoms with Gasteiger partial charge < -0.3 is 30.2 Å². The molecule has 3 aromatic rings. The molecule has 2 aromatic heterocycles. The molecule has 0 bridgehead atoms. The molecule has 2 aliphatic heterocycles. The maximum Gasteiger partial charge on any atom is 0.277 e. The minimum atomic E-state index is -0.361. The molecule has 0 unspecified atom stereocenters. The standard InChI is InChI=1S/C25H30N6O4/c1-25(2)14-17-11-18(20(13-21(17)35-25)31-7-5-30(6-8-31)9-10-32)28-23(33)19-15-34-24(29-19)16-3-4-27-22(26)12-16/h3-4,11-13,15,32H,5-10,14H2,1-2H3,(H2,26,27)(H,28,33). The van der Waals surface area contributed by atoms with Crippen molar-refractivity contribution in [3.8, 4) is 17.2 Å². The number of anilines is 3. The molecule has 1 aromatic carbocycles. The average molecular weight is 479 g/mol. The van der Waals surface area contributed by atoms with Gasteiger partial charge in [-0.2, -0.15) is 0 Å². The highest BCUT2D eigenvalue weighted by Crippen LogP contribution is 2.42. The topological polar surface area (TPSA) is 130 Å². The second kappa shape index (κ2) is 9.20. The van der Waals surface area contributed by atoms with E-state index in [1.807, 2.05) is 12.1 Å². The number of carbonyl (C=O) groups is 1. The number of ether oxygens (including phenoxy) is 1. The normalized spacial score (nSPS) is 17.2. The van der Waals surface area contributed by atoms with Crippen LogP contribution < -0.4 is 20.7 Å². The third-order valence-electron chi connectivity index (χ3n) is 6.32. The summed E-state index contributed by atoms with van der Waals surface area (Å²) in [5, 5.41) is 12.3. The van der Waals surface area contributed by atoms with Crippen molar-refractivity contribution in [2.24, 2.45) is 0 Å². The van der Waals surface area contributed by atoms with Gasteiger partial charge in [0.2, 0.25) is 5.89 Å². The van der Waals surface area contributed by atoms with Crippen molar-refractivity contribution < 1.29 is 19.1 Å². The molecule has 35 heavy (non-hydrogen) atoms. The maximum atomic E-state index is 13.2. The van der Waals surface area contributed by atoms with Gasteiger partial charge in [0.25, 0.3) is 5.91 Å². The van der Waals surface area contributed by atoms with Crippen LogP contribution in [0.15, 0.2) is 41.1 Å². The zero-order valence-electron chi connectivity index (χ0n) is 20.0. The Bertz CT molecular complexity index is 1230. The molecule has 5 rings (SSSR count). The van der Waals surface area contributed by atoms with E-state index in [2.05, 4.69) is 38.9 Å². The van der Waals surface area contributed by atoms with Crippen LogP contribution >= 0.6 is 0 Å². The summed E-state index contributed by atoms with van der Waals surface area (Å²) in [4.78, 5) is 26.0. The lowest BCUT2D eigenvalue weighted by molar-refractivity contribution is 0.102. The highest BCUT2D eigenvalue weighted by molar-refractivity contribution is 6.05. The summed E-state index contributed by atoms with van der Waals surface area (Å²) in [7, 11) is 0. The van der Waals surface area contributed by atoms with Gasteiger partial charge in [-0.3, -0.25) is 9.69 Å². The summed E-state index contributed by atoms with van der Waals surface area (Å²) in [6.07, 6.45) is 3.66. The molecule has 10 nitrogen and oxygen atoms in total. The quantitative estimate of drug-likeness (QED) is 0.489. The van der Waals surface area contributed by atoms with Crippen LogP contribution in [0.3, 0.4) is 0 Å². The number of oxazole rings is 1.